The van der Waals surface area contributed by atoms with Gasteiger partial charge in [-0.1, -0.05) is 29.8 Å². The highest BCUT2D eigenvalue weighted by molar-refractivity contribution is 6.57. The van der Waals surface area contributed by atoms with Crippen molar-refractivity contribution in [3.63, 3.8) is 0 Å². The van der Waals surface area contributed by atoms with Gasteiger partial charge >= 0.3 is 5.97 Å². The maximum atomic E-state index is 11.8. The first kappa shape index (κ1) is 13.6. The van der Waals surface area contributed by atoms with Crippen molar-refractivity contribution in [2.24, 2.45) is 0 Å². The van der Waals surface area contributed by atoms with Gasteiger partial charge in [-0.2, -0.15) is 0 Å². The standard InChI is InChI=1S/C12H7Cl2NO4/c1-5(12(18)19)4-15-9-7(14)3-2-6(13)8(9)10(16)11(15)17/h2-3H,1,4H2,(H,18,19). The highest BCUT2D eigenvalue weighted by Gasteiger charge is 2.39. The molecule has 7 heteroatoms. The summed E-state index contributed by atoms with van der Waals surface area (Å²) >= 11 is 11.8. The second-order valence-corrected chi connectivity index (χ2v) is 4.70. The number of carboxylic acid groups (broad SMARTS) is 1. The zero-order chi connectivity index (χ0) is 14.3. The van der Waals surface area contributed by atoms with E-state index >= 15 is 0 Å². The zero-order valence-electron chi connectivity index (χ0n) is 9.44. The number of benzene rings is 1. The summed E-state index contributed by atoms with van der Waals surface area (Å²) < 4.78 is 0. The van der Waals surface area contributed by atoms with Gasteiger partial charge in [-0.3, -0.25) is 14.5 Å². The molecule has 0 spiro atoms. The van der Waals surface area contributed by atoms with Crippen LogP contribution in [0.15, 0.2) is 24.3 Å². The van der Waals surface area contributed by atoms with Gasteiger partial charge in [-0.25, -0.2) is 4.79 Å². The fourth-order valence-corrected chi connectivity index (χ4v) is 2.26. The van der Waals surface area contributed by atoms with Crippen molar-refractivity contribution in [3.05, 3.63) is 39.9 Å². The molecule has 1 aliphatic rings. The van der Waals surface area contributed by atoms with E-state index < -0.39 is 17.7 Å². The molecule has 0 saturated heterocycles. The number of carbonyl (C=O) groups is 3. The number of carbonyl (C=O) groups excluding carboxylic acids is 2. The van der Waals surface area contributed by atoms with E-state index in [1.54, 1.807) is 0 Å². The van der Waals surface area contributed by atoms with E-state index in [2.05, 4.69) is 6.58 Å². The monoisotopic (exact) mass is 299 g/mol. The minimum atomic E-state index is -1.26. The quantitative estimate of drug-likeness (QED) is 0.685. The van der Waals surface area contributed by atoms with Gasteiger partial charge < -0.3 is 5.11 Å². The maximum absolute atomic E-state index is 11.8. The molecule has 1 amide bonds. The fraction of sp³-hybridized carbons (Fsp3) is 0.0833. The lowest BCUT2D eigenvalue weighted by Crippen LogP contribution is -2.33. The van der Waals surface area contributed by atoms with Gasteiger partial charge in [-0.05, 0) is 12.1 Å². The van der Waals surface area contributed by atoms with Crippen LogP contribution in [0.5, 0.6) is 0 Å². The van der Waals surface area contributed by atoms with Gasteiger partial charge in [0.2, 0.25) is 0 Å². The van der Waals surface area contributed by atoms with Crippen LogP contribution in [-0.2, 0) is 9.59 Å². The van der Waals surface area contributed by atoms with Gasteiger partial charge in [0, 0.05) is 5.57 Å². The Morgan fingerprint density at radius 3 is 2.42 bits per heavy atom. The van der Waals surface area contributed by atoms with Crippen LogP contribution < -0.4 is 4.90 Å². The summed E-state index contributed by atoms with van der Waals surface area (Å²) in [6, 6.07) is 2.84. The Kier molecular flexibility index (Phi) is 3.34. The number of rotatable bonds is 3. The van der Waals surface area contributed by atoms with E-state index in [9.17, 15) is 14.4 Å². The van der Waals surface area contributed by atoms with Crippen molar-refractivity contribution in [2.45, 2.75) is 0 Å². The van der Waals surface area contributed by atoms with Crippen molar-refractivity contribution >= 4 is 46.5 Å². The van der Waals surface area contributed by atoms with Crippen LogP contribution in [0.25, 0.3) is 0 Å². The summed E-state index contributed by atoms with van der Waals surface area (Å²) in [5.74, 6) is -2.93. The Morgan fingerprint density at radius 1 is 1.26 bits per heavy atom. The van der Waals surface area contributed by atoms with Gasteiger partial charge in [0.25, 0.3) is 11.7 Å². The van der Waals surface area contributed by atoms with Crippen LogP contribution in [0.3, 0.4) is 0 Å². The molecule has 1 N–H and O–H groups in total. The van der Waals surface area contributed by atoms with Crippen molar-refractivity contribution in [1.29, 1.82) is 0 Å². The predicted molar refractivity (Wildman–Crippen MR) is 69.9 cm³/mol. The molecule has 0 aliphatic carbocycles. The Balaban J connectivity index is 2.53. The van der Waals surface area contributed by atoms with Crippen molar-refractivity contribution in [2.75, 3.05) is 11.4 Å². The highest BCUT2D eigenvalue weighted by atomic mass is 35.5. The number of hydrogen-bond acceptors (Lipinski definition) is 3. The number of amides is 1. The summed E-state index contributed by atoms with van der Waals surface area (Å²) in [6.07, 6.45) is 0. The van der Waals surface area contributed by atoms with E-state index in [4.69, 9.17) is 28.3 Å². The SMILES string of the molecule is C=C(CN1C(=O)C(=O)c2c(Cl)ccc(Cl)c21)C(=O)O. The zero-order valence-corrected chi connectivity index (χ0v) is 11.0. The summed E-state index contributed by atoms with van der Waals surface area (Å²) in [4.78, 5) is 35.4. The molecule has 98 valence electrons. The molecule has 1 aliphatic heterocycles. The molecule has 0 radical (unpaired) electrons. The number of nitrogens with zero attached hydrogens (tertiary/aromatic N) is 1. The topological polar surface area (TPSA) is 74.7 Å². The molecule has 2 rings (SSSR count). The van der Waals surface area contributed by atoms with Crippen LogP contribution in [0, 0.1) is 0 Å². The third kappa shape index (κ3) is 2.11. The lowest BCUT2D eigenvalue weighted by Gasteiger charge is -2.17. The molecule has 0 unspecified atom stereocenters. The van der Waals surface area contributed by atoms with Crippen LogP contribution in [0.1, 0.15) is 10.4 Å². The smallest absolute Gasteiger partial charge is 0.332 e. The predicted octanol–water partition coefficient (Wildman–Crippen LogP) is 2.16. The molecule has 1 aromatic carbocycles. The number of carboxylic acids is 1. The lowest BCUT2D eigenvalue weighted by molar-refractivity contribution is -0.132. The third-order valence-corrected chi connectivity index (χ3v) is 3.29. The molecule has 0 atom stereocenters. The number of anilines is 1. The van der Waals surface area contributed by atoms with E-state index in [0.29, 0.717) is 0 Å². The van der Waals surface area contributed by atoms with Crippen molar-refractivity contribution < 1.29 is 19.5 Å². The molecule has 5 nitrogen and oxygen atoms in total. The normalized spacial score (nSPS) is 13.7. The molecule has 0 fully saturated rings. The Bertz CT molecular complexity index is 639. The number of Topliss-reactive ketones (excluding diaryl/α,β-unsaturated/α-hetero) is 1. The van der Waals surface area contributed by atoms with E-state index in [1.165, 1.54) is 12.1 Å². The number of aliphatic carboxylic acids is 1. The molecule has 0 saturated carbocycles. The van der Waals surface area contributed by atoms with Crippen LogP contribution >= 0.6 is 23.2 Å². The number of ketones is 1. The minimum absolute atomic E-state index is 0.00245. The summed E-state index contributed by atoms with van der Waals surface area (Å²) in [5, 5.41) is 9.03. The molecule has 19 heavy (non-hydrogen) atoms. The van der Waals surface area contributed by atoms with E-state index in [0.717, 1.165) is 4.90 Å². The molecule has 1 aromatic rings. The number of fused-ring (bicyclic) bond motifs is 1. The van der Waals surface area contributed by atoms with Gasteiger partial charge in [0.1, 0.15) is 0 Å². The van der Waals surface area contributed by atoms with Crippen molar-refractivity contribution in [3.8, 4) is 0 Å². The van der Waals surface area contributed by atoms with E-state index in [-0.39, 0.29) is 33.4 Å². The van der Waals surface area contributed by atoms with Crippen molar-refractivity contribution in [1.82, 2.24) is 0 Å². The van der Waals surface area contributed by atoms with Crippen LogP contribution in [-0.4, -0.2) is 29.3 Å². The Hall–Kier alpha value is -1.85. The lowest BCUT2D eigenvalue weighted by atomic mass is 10.1. The second-order valence-electron chi connectivity index (χ2n) is 3.88. The second kappa shape index (κ2) is 4.68. The molecule has 0 aromatic heterocycles. The molecule has 0 bridgehead atoms. The first-order valence-corrected chi connectivity index (χ1v) is 5.85. The first-order valence-electron chi connectivity index (χ1n) is 5.10. The third-order valence-electron chi connectivity index (χ3n) is 2.67. The maximum Gasteiger partial charge on any atom is 0.332 e. The summed E-state index contributed by atoms with van der Waals surface area (Å²) in [7, 11) is 0. The largest absolute Gasteiger partial charge is 0.478 e. The van der Waals surface area contributed by atoms with Crippen LogP contribution in [0.4, 0.5) is 5.69 Å². The highest BCUT2D eigenvalue weighted by Crippen LogP contribution is 2.40. The van der Waals surface area contributed by atoms with Gasteiger partial charge in [0.05, 0.1) is 27.8 Å². The Labute approximate surface area is 118 Å². The molecular weight excluding hydrogens is 293 g/mol. The Morgan fingerprint density at radius 2 is 1.84 bits per heavy atom. The van der Waals surface area contributed by atoms with E-state index in [1.807, 2.05) is 0 Å². The number of halogens is 2. The minimum Gasteiger partial charge on any atom is -0.478 e. The van der Waals surface area contributed by atoms with Crippen LogP contribution in [0.2, 0.25) is 10.0 Å². The van der Waals surface area contributed by atoms with Gasteiger partial charge in [-0.15, -0.1) is 0 Å². The number of hydrogen-bond donors (Lipinski definition) is 1. The molecular formula is C12H7Cl2NO4. The average molecular weight is 300 g/mol. The average Bonchev–Trinajstić information content (AvgIpc) is 2.60. The first-order chi connectivity index (χ1) is 8.84. The summed E-state index contributed by atoms with van der Waals surface area (Å²) in [6.45, 7) is 2.99. The molecule has 1 heterocycles. The van der Waals surface area contributed by atoms with Gasteiger partial charge in [0.15, 0.2) is 0 Å². The fourth-order valence-electron chi connectivity index (χ4n) is 1.76. The summed E-state index contributed by atoms with van der Waals surface area (Å²) in [5.41, 5.74) is -0.103.